The lowest BCUT2D eigenvalue weighted by Crippen LogP contribution is -2.26. The van der Waals surface area contributed by atoms with Crippen molar-refractivity contribution < 1.29 is 0 Å². The van der Waals surface area contributed by atoms with Crippen LogP contribution in [0.4, 0.5) is 0 Å². The minimum absolute atomic E-state index is 0.464. The molecule has 0 radical (unpaired) electrons. The van der Waals surface area contributed by atoms with E-state index in [4.69, 9.17) is 15.0 Å². The van der Waals surface area contributed by atoms with Gasteiger partial charge in [-0.05, 0) is 82.5 Å². The third-order valence-corrected chi connectivity index (χ3v) is 11.7. The monoisotopic (exact) mass is 671 g/mol. The summed E-state index contributed by atoms with van der Waals surface area (Å²) in [5.74, 6) is 1.98. The predicted octanol–water partition coefficient (Wildman–Crippen LogP) is 12.2. The minimum Gasteiger partial charge on any atom is -0.208 e. The molecule has 10 aromatic rings. The zero-order valence-electron chi connectivity index (χ0n) is 28.6. The molecular weight excluding hydrogens is 643 g/mol. The minimum atomic E-state index is -0.464. The van der Waals surface area contributed by atoms with Gasteiger partial charge in [-0.15, -0.1) is 0 Å². The topological polar surface area (TPSA) is 38.7 Å². The van der Waals surface area contributed by atoms with E-state index in [9.17, 15) is 0 Å². The molecule has 12 rings (SSSR count). The summed E-state index contributed by atoms with van der Waals surface area (Å²) in [4.78, 5) is 15.9. The average Bonchev–Trinajstić information content (AvgIpc) is 3.70. The van der Waals surface area contributed by atoms with Gasteiger partial charge in [-0.25, -0.2) is 15.0 Å². The molecule has 9 aromatic carbocycles. The number of benzene rings is 9. The van der Waals surface area contributed by atoms with Crippen molar-refractivity contribution in [1.82, 2.24) is 15.0 Å². The Labute approximate surface area is 305 Å². The van der Waals surface area contributed by atoms with E-state index in [0.717, 1.165) is 38.2 Å². The van der Waals surface area contributed by atoms with Crippen molar-refractivity contribution in [2.45, 2.75) is 5.41 Å². The largest absolute Gasteiger partial charge is 0.208 e. The average molecular weight is 672 g/mol. The van der Waals surface area contributed by atoms with Crippen LogP contribution in [0.1, 0.15) is 22.3 Å². The first-order chi connectivity index (χ1) is 26.3. The van der Waals surface area contributed by atoms with E-state index < -0.39 is 5.41 Å². The Bertz CT molecular complexity index is 3020. The first-order valence-corrected chi connectivity index (χ1v) is 18.2. The van der Waals surface area contributed by atoms with E-state index in [-0.39, 0.29) is 0 Å². The highest BCUT2D eigenvalue weighted by molar-refractivity contribution is 6.17. The molecule has 0 saturated carbocycles. The SMILES string of the molecule is c1ccc2c(c1)-c1ccc(-c3nc(-c4cccc5ccccc45)nc(-c4cccc5ccccc45)n3)cc1C21c2cccc3ccc4cccc1c4c23. The molecule has 244 valence electrons. The van der Waals surface area contributed by atoms with Gasteiger partial charge in [-0.2, -0.15) is 0 Å². The molecule has 2 aliphatic rings. The summed E-state index contributed by atoms with van der Waals surface area (Å²) >= 11 is 0. The molecule has 0 atom stereocenters. The number of fused-ring (bicyclic) bond motifs is 9. The second-order valence-electron chi connectivity index (χ2n) is 14.3. The van der Waals surface area contributed by atoms with E-state index in [1.54, 1.807) is 0 Å². The molecular formula is C50H29N3. The molecule has 1 spiro atoms. The van der Waals surface area contributed by atoms with Gasteiger partial charge in [0.2, 0.25) is 0 Å². The van der Waals surface area contributed by atoms with Gasteiger partial charge in [0.05, 0.1) is 5.41 Å². The highest BCUT2D eigenvalue weighted by atomic mass is 15.0. The standard InChI is InChI=1S/C50H29N3/c1-3-17-35-30(11-1)13-7-20-39(35)48-51-47(52-49(53-48)40-21-8-14-31-12-2-4-18-36(31)40)34-27-28-38-37-19-5-6-22-41(37)50(44(38)29-34)42-23-9-15-32-25-26-33-16-10-24-43(50)46(33)45(32)42/h1-29H. The van der Waals surface area contributed by atoms with E-state index in [1.807, 2.05) is 0 Å². The van der Waals surface area contributed by atoms with E-state index >= 15 is 0 Å². The van der Waals surface area contributed by atoms with Crippen molar-refractivity contribution in [3.05, 3.63) is 198 Å². The lowest BCUT2D eigenvalue weighted by Gasteiger charge is -2.31. The molecule has 0 N–H and O–H groups in total. The van der Waals surface area contributed by atoms with Crippen LogP contribution < -0.4 is 0 Å². The number of nitrogens with zero attached hydrogens (tertiary/aromatic N) is 3. The quantitative estimate of drug-likeness (QED) is 0.176. The maximum atomic E-state index is 5.31. The Morgan fingerprint density at radius 2 is 0.755 bits per heavy atom. The predicted molar refractivity (Wildman–Crippen MR) is 217 cm³/mol. The summed E-state index contributed by atoms with van der Waals surface area (Å²) in [5, 5.41) is 9.79. The molecule has 3 nitrogen and oxygen atoms in total. The lowest BCUT2D eigenvalue weighted by molar-refractivity contribution is 0.797. The van der Waals surface area contributed by atoms with Crippen LogP contribution in [0.25, 0.3) is 88.4 Å². The second kappa shape index (κ2) is 10.5. The highest BCUT2D eigenvalue weighted by Gasteiger charge is 2.50. The Morgan fingerprint density at radius 3 is 1.40 bits per heavy atom. The van der Waals surface area contributed by atoms with E-state index in [0.29, 0.717) is 17.5 Å². The van der Waals surface area contributed by atoms with Crippen LogP contribution in [0.3, 0.4) is 0 Å². The number of rotatable bonds is 3. The Hall–Kier alpha value is -6.97. The van der Waals surface area contributed by atoms with Crippen molar-refractivity contribution >= 4 is 43.1 Å². The van der Waals surface area contributed by atoms with Gasteiger partial charge in [-0.1, -0.05) is 170 Å². The van der Waals surface area contributed by atoms with Crippen LogP contribution in [0.15, 0.2) is 176 Å². The van der Waals surface area contributed by atoms with Gasteiger partial charge in [-0.3, -0.25) is 0 Å². The molecule has 53 heavy (non-hydrogen) atoms. The maximum absolute atomic E-state index is 5.31. The molecule has 0 amide bonds. The van der Waals surface area contributed by atoms with Crippen molar-refractivity contribution in [3.63, 3.8) is 0 Å². The zero-order valence-corrected chi connectivity index (χ0v) is 28.6. The maximum Gasteiger partial charge on any atom is 0.164 e. The Morgan fingerprint density at radius 1 is 0.302 bits per heavy atom. The fourth-order valence-corrected chi connectivity index (χ4v) is 9.51. The van der Waals surface area contributed by atoms with Crippen LogP contribution in [-0.4, -0.2) is 15.0 Å². The van der Waals surface area contributed by atoms with Gasteiger partial charge < -0.3 is 0 Å². The molecule has 0 bridgehead atoms. The molecule has 1 aromatic heterocycles. The van der Waals surface area contributed by atoms with E-state index in [2.05, 4.69) is 176 Å². The third kappa shape index (κ3) is 3.80. The number of hydrogen-bond acceptors (Lipinski definition) is 3. The van der Waals surface area contributed by atoms with Crippen molar-refractivity contribution in [3.8, 4) is 45.3 Å². The first-order valence-electron chi connectivity index (χ1n) is 18.2. The molecule has 0 fully saturated rings. The molecule has 0 unspecified atom stereocenters. The third-order valence-electron chi connectivity index (χ3n) is 11.7. The fourth-order valence-electron chi connectivity index (χ4n) is 9.51. The number of hydrogen-bond donors (Lipinski definition) is 0. The Kier molecular flexibility index (Phi) is 5.70. The van der Waals surface area contributed by atoms with Crippen LogP contribution in [-0.2, 0) is 5.41 Å². The summed E-state index contributed by atoms with van der Waals surface area (Å²) < 4.78 is 0. The van der Waals surface area contributed by atoms with Gasteiger partial charge in [0.25, 0.3) is 0 Å². The summed E-state index contributed by atoms with van der Waals surface area (Å²) in [6.45, 7) is 0. The molecule has 0 saturated heterocycles. The first kappa shape index (κ1) is 28.7. The van der Waals surface area contributed by atoms with Crippen LogP contribution in [0.5, 0.6) is 0 Å². The molecule has 3 heteroatoms. The normalized spacial score (nSPS) is 13.4. The summed E-state index contributed by atoms with van der Waals surface area (Å²) in [6, 6.07) is 63.7. The van der Waals surface area contributed by atoms with Gasteiger partial charge in [0.15, 0.2) is 17.5 Å². The second-order valence-corrected chi connectivity index (χ2v) is 14.3. The molecule has 2 aliphatic carbocycles. The van der Waals surface area contributed by atoms with Crippen molar-refractivity contribution in [2.75, 3.05) is 0 Å². The van der Waals surface area contributed by atoms with E-state index in [1.165, 1.54) is 54.9 Å². The fraction of sp³-hybridized carbons (Fsp3) is 0.0200. The molecule has 0 aliphatic heterocycles. The van der Waals surface area contributed by atoms with Gasteiger partial charge in [0, 0.05) is 16.7 Å². The smallest absolute Gasteiger partial charge is 0.164 e. The van der Waals surface area contributed by atoms with Crippen LogP contribution in [0.2, 0.25) is 0 Å². The van der Waals surface area contributed by atoms with Gasteiger partial charge >= 0.3 is 0 Å². The zero-order chi connectivity index (χ0) is 34.7. The van der Waals surface area contributed by atoms with Crippen molar-refractivity contribution in [1.29, 1.82) is 0 Å². The van der Waals surface area contributed by atoms with Gasteiger partial charge in [0.1, 0.15) is 0 Å². The highest BCUT2D eigenvalue weighted by Crippen LogP contribution is 2.62. The summed E-state index contributed by atoms with van der Waals surface area (Å²) in [7, 11) is 0. The Balaban J connectivity index is 1.15. The van der Waals surface area contributed by atoms with Crippen LogP contribution in [0, 0.1) is 0 Å². The summed E-state index contributed by atoms with van der Waals surface area (Å²) in [5.41, 5.74) is 10.3. The lowest BCUT2D eigenvalue weighted by atomic mass is 9.70. The van der Waals surface area contributed by atoms with Crippen LogP contribution >= 0.6 is 0 Å². The number of aromatic nitrogens is 3. The molecule has 1 heterocycles. The summed E-state index contributed by atoms with van der Waals surface area (Å²) in [6.07, 6.45) is 0. The van der Waals surface area contributed by atoms with Crippen molar-refractivity contribution in [2.24, 2.45) is 0 Å².